The number of nitrogens with one attached hydrogen (secondary N) is 1. The first-order chi connectivity index (χ1) is 18.0. The van der Waals surface area contributed by atoms with Crippen LogP contribution in [0.5, 0.6) is 0 Å². The van der Waals surface area contributed by atoms with Crippen LogP contribution in [-0.2, 0) is 11.3 Å². The summed E-state index contributed by atoms with van der Waals surface area (Å²) in [7, 11) is 0. The van der Waals surface area contributed by atoms with E-state index in [4.69, 9.17) is 27.7 Å². The molecule has 4 aromatic rings. The van der Waals surface area contributed by atoms with E-state index in [1.165, 1.54) is 5.56 Å². The molecule has 0 bridgehead atoms. The molecule has 1 N–H and O–H groups in total. The zero-order valence-corrected chi connectivity index (χ0v) is 22.0. The first-order valence-corrected chi connectivity index (χ1v) is 13.1. The summed E-state index contributed by atoms with van der Waals surface area (Å²) in [5.41, 5.74) is 4.01. The molecule has 6 nitrogen and oxygen atoms in total. The minimum absolute atomic E-state index is 0.0432. The molecule has 8 heteroatoms. The number of aromatic nitrogens is 2. The highest BCUT2D eigenvalue weighted by molar-refractivity contribution is 6.36. The normalized spacial score (nSPS) is 15.4. The number of benzene rings is 3. The number of nitrogens with zero attached hydrogens (tertiary/aromatic N) is 3. The van der Waals surface area contributed by atoms with Gasteiger partial charge in [-0.15, -0.1) is 0 Å². The van der Waals surface area contributed by atoms with Crippen LogP contribution in [0.2, 0.25) is 10.0 Å². The summed E-state index contributed by atoms with van der Waals surface area (Å²) in [6.45, 7) is 4.15. The van der Waals surface area contributed by atoms with Gasteiger partial charge in [-0.3, -0.25) is 9.69 Å². The van der Waals surface area contributed by atoms with Gasteiger partial charge in [0.1, 0.15) is 0 Å². The van der Waals surface area contributed by atoms with Crippen molar-refractivity contribution in [3.63, 3.8) is 0 Å². The number of likely N-dealkylation sites (tertiary alicyclic amines) is 1. The van der Waals surface area contributed by atoms with Crippen molar-refractivity contribution in [1.29, 1.82) is 0 Å². The fourth-order valence-electron chi connectivity index (χ4n) is 4.76. The van der Waals surface area contributed by atoms with Crippen LogP contribution in [0.15, 0.2) is 77.3 Å². The maximum atomic E-state index is 13.3. The monoisotopic (exact) mass is 534 g/mol. The molecule has 0 aliphatic carbocycles. The fourth-order valence-corrected chi connectivity index (χ4v) is 5.25. The van der Waals surface area contributed by atoms with E-state index in [1.807, 2.05) is 24.3 Å². The van der Waals surface area contributed by atoms with Crippen molar-refractivity contribution in [2.24, 2.45) is 5.92 Å². The highest BCUT2D eigenvalue weighted by Crippen LogP contribution is 2.29. The number of rotatable bonds is 7. The molecule has 1 fully saturated rings. The highest BCUT2D eigenvalue weighted by Gasteiger charge is 2.28. The van der Waals surface area contributed by atoms with Crippen molar-refractivity contribution in [3.05, 3.63) is 105 Å². The Balaban J connectivity index is 1.20. The van der Waals surface area contributed by atoms with Gasteiger partial charge in [-0.05, 0) is 62.2 Å². The average molecular weight is 535 g/mol. The lowest BCUT2D eigenvalue weighted by atomic mass is 9.93. The first kappa shape index (κ1) is 25.5. The van der Waals surface area contributed by atoms with Gasteiger partial charge in [0.2, 0.25) is 17.6 Å². The molecule has 1 unspecified atom stereocenters. The van der Waals surface area contributed by atoms with E-state index in [9.17, 15) is 4.79 Å². The second-order valence-electron chi connectivity index (χ2n) is 9.45. The fraction of sp³-hybridized carbons (Fsp3) is 0.276. The molecule has 0 radical (unpaired) electrons. The zero-order valence-electron chi connectivity index (χ0n) is 20.5. The summed E-state index contributed by atoms with van der Waals surface area (Å²) < 4.78 is 5.47. The van der Waals surface area contributed by atoms with E-state index in [0.717, 1.165) is 37.1 Å². The van der Waals surface area contributed by atoms with Crippen LogP contribution in [0.1, 0.15) is 41.5 Å². The third-order valence-electron chi connectivity index (χ3n) is 6.75. The zero-order chi connectivity index (χ0) is 25.8. The van der Waals surface area contributed by atoms with Gasteiger partial charge in [-0.25, -0.2) is 0 Å². The van der Waals surface area contributed by atoms with Gasteiger partial charge in [0.05, 0.1) is 17.6 Å². The van der Waals surface area contributed by atoms with E-state index >= 15 is 0 Å². The summed E-state index contributed by atoms with van der Waals surface area (Å²) in [6, 6.07) is 23.4. The summed E-state index contributed by atoms with van der Waals surface area (Å²) >= 11 is 12.3. The molecular weight excluding hydrogens is 507 g/mol. The summed E-state index contributed by atoms with van der Waals surface area (Å²) in [5.74, 6) is 1.01. The second kappa shape index (κ2) is 11.5. The van der Waals surface area contributed by atoms with Crippen molar-refractivity contribution in [2.45, 2.75) is 32.4 Å². The van der Waals surface area contributed by atoms with E-state index in [0.29, 0.717) is 33.9 Å². The van der Waals surface area contributed by atoms with Crippen LogP contribution in [0, 0.1) is 12.8 Å². The predicted molar refractivity (Wildman–Crippen MR) is 145 cm³/mol. The van der Waals surface area contributed by atoms with Crippen molar-refractivity contribution in [3.8, 4) is 11.4 Å². The van der Waals surface area contributed by atoms with Gasteiger partial charge in [-0.2, -0.15) is 4.98 Å². The van der Waals surface area contributed by atoms with Crippen LogP contribution in [0.3, 0.4) is 0 Å². The second-order valence-corrected chi connectivity index (χ2v) is 10.3. The third-order valence-corrected chi connectivity index (χ3v) is 7.30. The first-order valence-electron chi connectivity index (χ1n) is 12.4. The number of aryl methyl sites for hydroxylation is 1. The molecule has 1 saturated heterocycles. The maximum absolute atomic E-state index is 13.3. The minimum atomic E-state index is -0.178. The van der Waals surface area contributed by atoms with Crippen LogP contribution in [-0.4, -0.2) is 34.0 Å². The Morgan fingerprint density at radius 2 is 1.78 bits per heavy atom. The summed E-state index contributed by atoms with van der Waals surface area (Å²) in [6.07, 6.45) is 1.54. The Bertz CT molecular complexity index is 1370. The average Bonchev–Trinajstić information content (AvgIpc) is 3.36. The molecular formula is C29H28Cl2N4O2. The lowest BCUT2D eigenvalue weighted by molar-refractivity contribution is -0.127. The Kier molecular flexibility index (Phi) is 7.89. The molecule has 3 aromatic carbocycles. The molecule has 5 rings (SSSR count). The topological polar surface area (TPSA) is 71.3 Å². The predicted octanol–water partition coefficient (Wildman–Crippen LogP) is 6.47. The number of amides is 1. The van der Waals surface area contributed by atoms with Crippen LogP contribution >= 0.6 is 23.2 Å². The number of hydrogen-bond donors (Lipinski definition) is 1. The third kappa shape index (κ3) is 6.21. The van der Waals surface area contributed by atoms with Crippen LogP contribution in [0.4, 0.5) is 0 Å². The van der Waals surface area contributed by atoms with Gasteiger partial charge in [0, 0.05) is 16.5 Å². The van der Waals surface area contributed by atoms with Gasteiger partial charge in [0.15, 0.2) is 0 Å². The van der Waals surface area contributed by atoms with E-state index in [2.05, 4.69) is 57.6 Å². The highest BCUT2D eigenvalue weighted by atomic mass is 35.5. The minimum Gasteiger partial charge on any atom is -0.345 e. The van der Waals surface area contributed by atoms with Crippen molar-refractivity contribution < 1.29 is 9.32 Å². The van der Waals surface area contributed by atoms with E-state index in [1.54, 1.807) is 18.2 Å². The number of hydrogen-bond acceptors (Lipinski definition) is 5. The molecule has 1 amide bonds. The van der Waals surface area contributed by atoms with Crippen LogP contribution < -0.4 is 5.32 Å². The maximum Gasteiger partial charge on any atom is 0.241 e. The summed E-state index contributed by atoms with van der Waals surface area (Å²) in [4.78, 5) is 20.1. The van der Waals surface area contributed by atoms with Gasteiger partial charge < -0.3 is 9.84 Å². The molecule has 1 aliphatic heterocycles. The molecule has 2 heterocycles. The molecule has 1 aliphatic rings. The number of halogens is 2. The van der Waals surface area contributed by atoms with E-state index < -0.39 is 0 Å². The van der Waals surface area contributed by atoms with Crippen molar-refractivity contribution >= 4 is 29.1 Å². The Morgan fingerprint density at radius 1 is 1.03 bits per heavy atom. The largest absolute Gasteiger partial charge is 0.345 e. The van der Waals surface area contributed by atoms with Gasteiger partial charge in [0.25, 0.3) is 0 Å². The molecule has 1 atom stereocenters. The smallest absolute Gasteiger partial charge is 0.241 e. The number of carbonyl (C=O) groups is 1. The Labute approximate surface area is 226 Å². The van der Waals surface area contributed by atoms with Gasteiger partial charge >= 0.3 is 0 Å². The number of piperidine rings is 1. The Hall–Kier alpha value is -3.19. The molecule has 0 spiro atoms. The number of carbonyl (C=O) groups excluding carboxylic acids is 1. The summed E-state index contributed by atoms with van der Waals surface area (Å²) in [5, 5.41) is 8.43. The molecule has 0 saturated carbocycles. The SMILES string of the molecule is Cc1cccc(C(NC(=O)C2CCN(Cc3nc(-c4ccc(Cl)cc4Cl)no3)CC2)c2ccccc2)c1. The molecule has 37 heavy (non-hydrogen) atoms. The van der Waals surface area contributed by atoms with Gasteiger partial charge in [-0.1, -0.05) is 88.5 Å². The van der Waals surface area contributed by atoms with Crippen molar-refractivity contribution in [2.75, 3.05) is 13.1 Å². The Morgan fingerprint density at radius 3 is 2.51 bits per heavy atom. The molecule has 1 aromatic heterocycles. The quantitative estimate of drug-likeness (QED) is 0.294. The molecule has 190 valence electrons. The lowest BCUT2D eigenvalue weighted by Gasteiger charge is -2.31. The van der Waals surface area contributed by atoms with E-state index in [-0.39, 0.29) is 17.9 Å². The van der Waals surface area contributed by atoms with Crippen molar-refractivity contribution in [1.82, 2.24) is 20.4 Å². The lowest BCUT2D eigenvalue weighted by Crippen LogP contribution is -2.41. The standard InChI is InChI=1S/C29H28Cl2N4O2/c1-19-6-5-9-22(16-19)27(20-7-3-2-4-8-20)33-29(36)21-12-14-35(15-13-21)18-26-32-28(34-37-26)24-11-10-23(30)17-25(24)31/h2-11,16-17,21,27H,12-15,18H2,1H3,(H,33,36). The van der Waals surface area contributed by atoms with Crippen LogP contribution in [0.25, 0.3) is 11.4 Å².